The standard InChI is InChI=1S/C34H42N2O5/c1-34(2,3)25-36(33(40)35-31(27-17-9-5-10-18-27)28-19-11-6-12-20-28)32(39)29(23-30(37)38)21-13-14-22-41-24-26-15-7-4-8-16-26/h4-12,15-20,29,31H,13-14,21-25H2,1-3H3,(H,35,40)(H,37,38). The molecule has 0 saturated heterocycles. The molecule has 0 aliphatic rings. The number of urea groups is 1. The third-order valence-electron chi connectivity index (χ3n) is 6.65. The molecular formula is C34H42N2O5. The molecule has 0 radical (unpaired) electrons. The summed E-state index contributed by atoms with van der Waals surface area (Å²) in [4.78, 5) is 40.6. The highest BCUT2D eigenvalue weighted by atomic mass is 16.5. The fourth-order valence-electron chi connectivity index (χ4n) is 4.68. The SMILES string of the molecule is CC(C)(C)CN(C(=O)NC(c1ccccc1)c1ccccc1)C(=O)C(CCCCOCc1ccccc1)CC(=O)O. The maximum atomic E-state index is 13.8. The summed E-state index contributed by atoms with van der Waals surface area (Å²) in [5.74, 6) is -2.35. The number of amides is 3. The summed E-state index contributed by atoms with van der Waals surface area (Å²) in [7, 11) is 0. The number of rotatable bonds is 14. The van der Waals surface area contributed by atoms with E-state index in [4.69, 9.17) is 4.74 Å². The van der Waals surface area contributed by atoms with E-state index in [0.717, 1.165) is 16.7 Å². The first-order chi connectivity index (χ1) is 19.6. The van der Waals surface area contributed by atoms with Crippen LogP contribution < -0.4 is 5.32 Å². The molecule has 1 atom stereocenters. The molecule has 7 nitrogen and oxygen atoms in total. The van der Waals surface area contributed by atoms with Crippen molar-refractivity contribution in [3.8, 4) is 0 Å². The van der Waals surface area contributed by atoms with Crippen LogP contribution in [0.25, 0.3) is 0 Å². The third kappa shape index (κ3) is 10.8. The van der Waals surface area contributed by atoms with Gasteiger partial charge < -0.3 is 15.2 Å². The van der Waals surface area contributed by atoms with Crippen LogP contribution in [0.5, 0.6) is 0 Å². The number of ether oxygens (including phenoxy) is 1. The summed E-state index contributed by atoms with van der Waals surface area (Å²) in [6.45, 7) is 7.01. The van der Waals surface area contributed by atoms with Gasteiger partial charge in [-0.15, -0.1) is 0 Å². The molecular weight excluding hydrogens is 516 g/mol. The minimum absolute atomic E-state index is 0.157. The lowest BCUT2D eigenvalue weighted by atomic mass is 9.93. The van der Waals surface area contributed by atoms with Gasteiger partial charge in [-0.3, -0.25) is 14.5 Å². The number of carbonyl (C=O) groups is 3. The molecule has 0 aliphatic carbocycles. The van der Waals surface area contributed by atoms with Crippen molar-refractivity contribution >= 4 is 17.9 Å². The van der Waals surface area contributed by atoms with E-state index < -0.39 is 29.9 Å². The van der Waals surface area contributed by atoms with Crippen molar-refractivity contribution in [2.45, 2.75) is 59.1 Å². The average molecular weight is 559 g/mol. The van der Waals surface area contributed by atoms with Crippen molar-refractivity contribution in [1.82, 2.24) is 10.2 Å². The minimum Gasteiger partial charge on any atom is -0.481 e. The lowest BCUT2D eigenvalue weighted by Gasteiger charge is -2.32. The minimum atomic E-state index is -1.06. The second kappa shape index (κ2) is 15.7. The number of unbranched alkanes of at least 4 members (excludes halogenated alkanes) is 1. The molecule has 0 spiro atoms. The first-order valence-corrected chi connectivity index (χ1v) is 14.2. The van der Waals surface area contributed by atoms with E-state index in [2.05, 4.69) is 5.32 Å². The Morgan fingerprint density at radius 1 is 0.829 bits per heavy atom. The van der Waals surface area contributed by atoms with Crippen molar-refractivity contribution in [2.24, 2.45) is 11.3 Å². The number of carboxylic acids is 1. The van der Waals surface area contributed by atoms with Crippen molar-refractivity contribution in [3.63, 3.8) is 0 Å². The smallest absolute Gasteiger partial charge is 0.324 e. The van der Waals surface area contributed by atoms with E-state index in [0.29, 0.717) is 32.5 Å². The van der Waals surface area contributed by atoms with Crippen LogP contribution in [0.2, 0.25) is 0 Å². The summed E-state index contributed by atoms with van der Waals surface area (Å²) in [6.07, 6.45) is 1.32. The van der Waals surface area contributed by atoms with Crippen LogP contribution in [0.3, 0.4) is 0 Å². The molecule has 0 aromatic heterocycles. The Bertz CT molecular complexity index is 1190. The molecule has 3 aromatic carbocycles. The van der Waals surface area contributed by atoms with Crippen LogP contribution in [-0.2, 0) is 20.9 Å². The topological polar surface area (TPSA) is 95.9 Å². The predicted octanol–water partition coefficient (Wildman–Crippen LogP) is 6.84. The van der Waals surface area contributed by atoms with Gasteiger partial charge in [0.15, 0.2) is 0 Å². The van der Waals surface area contributed by atoms with Gasteiger partial charge in [-0.05, 0) is 34.9 Å². The Balaban J connectivity index is 1.72. The lowest BCUT2D eigenvalue weighted by molar-refractivity contribution is -0.144. The van der Waals surface area contributed by atoms with Gasteiger partial charge in [0.2, 0.25) is 5.91 Å². The molecule has 218 valence electrons. The van der Waals surface area contributed by atoms with Gasteiger partial charge in [-0.2, -0.15) is 0 Å². The van der Waals surface area contributed by atoms with Crippen molar-refractivity contribution in [1.29, 1.82) is 0 Å². The van der Waals surface area contributed by atoms with E-state index in [1.807, 2.05) is 112 Å². The Hall–Kier alpha value is -3.97. The highest BCUT2D eigenvalue weighted by molar-refractivity contribution is 5.97. The van der Waals surface area contributed by atoms with Gasteiger partial charge in [0.25, 0.3) is 0 Å². The van der Waals surface area contributed by atoms with Crippen molar-refractivity contribution in [3.05, 3.63) is 108 Å². The fraction of sp³-hybridized carbons (Fsp3) is 0.382. The number of hydrogen-bond donors (Lipinski definition) is 2. The number of carboxylic acid groups (broad SMARTS) is 1. The number of carbonyl (C=O) groups excluding carboxylic acids is 2. The quantitative estimate of drug-likeness (QED) is 0.211. The fourth-order valence-corrected chi connectivity index (χ4v) is 4.68. The largest absolute Gasteiger partial charge is 0.481 e. The van der Waals surface area contributed by atoms with Gasteiger partial charge in [0, 0.05) is 19.1 Å². The second-order valence-corrected chi connectivity index (χ2v) is 11.5. The van der Waals surface area contributed by atoms with Crippen LogP contribution in [0.4, 0.5) is 4.79 Å². The van der Waals surface area contributed by atoms with Crippen molar-refractivity contribution < 1.29 is 24.2 Å². The van der Waals surface area contributed by atoms with Crippen LogP contribution in [0.1, 0.15) is 69.2 Å². The molecule has 2 N–H and O–H groups in total. The van der Waals surface area contributed by atoms with Crippen LogP contribution in [0, 0.1) is 11.3 Å². The summed E-state index contributed by atoms with van der Waals surface area (Å²) >= 11 is 0. The molecule has 7 heteroatoms. The van der Waals surface area contributed by atoms with E-state index in [-0.39, 0.29) is 18.4 Å². The average Bonchev–Trinajstić information content (AvgIpc) is 2.96. The third-order valence-corrected chi connectivity index (χ3v) is 6.65. The van der Waals surface area contributed by atoms with Crippen molar-refractivity contribution in [2.75, 3.05) is 13.2 Å². The molecule has 0 aliphatic heterocycles. The first-order valence-electron chi connectivity index (χ1n) is 14.2. The van der Waals surface area contributed by atoms with Gasteiger partial charge in [-0.1, -0.05) is 118 Å². The highest BCUT2D eigenvalue weighted by Gasteiger charge is 2.34. The molecule has 3 amide bonds. The maximum Gasteiger partial charge on any atom is 0.324 e. The summed E-state index contributed by atoms with van der Waals surface area (Å²) in [5.41, 5.74) is 2.46. The molecule has 0 bridgehead atoms. The molecule has 0 fully saturated rings. The Labute approximate surface area is 243 Å². The lowest BCUT2D eigenvalue weighted by Crippen LogP contribution is -2.50. The number of imide groups is 1. The zero-order chi connectivity index (χ0) is 29.7. The molecule has 0 heterocycles. The number of hydrogen-bond acceptors (Lipinski definition) is 4. The van der Waals surface area contributed by atoms with Crippen LogP contribution in [0.15, 0.2) is 91.0 Å². The zero-order valence-corrected chi connectivity index (χ0v) is 24.3. The van der Waals surface area contributed by atoms with E-state index in [1.54, 1.807) is 0 Å². The Morgan fingerprint density at radius 2 is 1.37 bits per heavy atom. The number of nitrogens with zero attached hydrogens (tertiary/aromatic N) is 1. The zero-order valence-electron chi connectivity index (χ0n) is 24.3. The van der Waals surface area contributed by atoms with Gasteiger partial charge >= 0.3 is 12.0 Å². The van der Waals surface area contributed by atoms with Gasteiger partial charge in [0.1, 0.15) is 0 Å². The monoisotopic (exact) mass is 558 g/mol. The number of benzene rings is 3. The second-order valence-electron chi connectivity index (χ2n) is 11.5. The summed E-state index contributed by atoms with van der Waals surface area (Å²) < 4.78 is 5.75. The normalized spacial score (nSPS) is 12.1. The number of aliphatic carboxylic acids is 1. The maximum absolute atomic E-state index is 13.8. The van der Waals surface area contributed by atoms with E-state index in [9.17, 15) is 19.5 Å². The van der Waals surface area contributed by atoms with Gasteiger partial charge in [0.05, 0.1) is 19.1 Å². The predicted molar refractivity (Wildman–Crippen MR) is 160 cm³/mol. The molecule has 3 rings (SSSR count). The summed E-state index contributed by atoms with van der Waals surface area (Å²) in [6, 6.07) is 28.0. The Kier molecular flexibility index (Phi) is 12.1. The molecule has 0 saturated carbocycles. The Morgan fingerprint density at radius 3 is 1.88 bits per heavy atom. The summed E-state index contributed by atoms with van der Waals surface area (Å²) in [5, 5.41) is 12.7. The number of nitrogens with one attached hydrogen (secondary N) is 1. The highest BCUT2D eigenvalue weighted by Crippen LogP contribution is 2.25. The molecule has 3 aromatic rings. The van der Waals surface area contributed by atoms with E-state index >= 15 is 0 Å². The molecule has 41 heavy (non-hydrogen) atoms. The molecule has 1 unspecified atom stereocenters. The van der Waals surface area contributed by atoms with Crippen LogP contribution in [-0.4, -0.2) is 41.1 Å². The van der Waals surface area contributed by atoms with E-state index in [1.165, 1.54) is 4.90 Å². The first kappa shape index (κ1) is 31.6. The van der Waals surface area contributed by atoms with Gasteiger partial charge in [-0.25, -0.2) is 4.79 Å². The van der Waals surface area contributed by atoms with Crippen LogP contribution >= 0.6 is 0 Å².